The van der Waals surface area contributed by atoms with Crippen molar-refractivity contribution in [1.29, 1.82) is 0 Å². The highest BCUT2D eigenvalue weighted by molar-refractivity contribution is 6.31. The van der Waals surface area contributed by atoms with Crippen molar-refractivity contribution in [3.63, 3.8) is 0 Å². The molecule has 0 radical (unpaired) electrons. The first-order valence-corrected chi connectivity index (χ1v) is 11.5. The lowest BCUT2D eigenvalue weighted by Gasteiger charge is -2.24. The van der Waals surface area contributed by atoms with Gasteiger partial charge in [0, 0.05) is 10.0 Å². The number of amides is 1. The van der Waals surface area contributed by atoms with Crippen molar-refractivity contribution in [3.8, 4) is 5.69 Å². The number of ether oxygens (including phenoxy) is 1. The maximum atomic E-state index is 12.8. The van der Waals surface area contributed by atoms with Crippen LogP contribution < -0.4 is 10.6 Å². The lowest BCUT2D eigenvalue weighted by molar-refractivity contribution is -0.157. The van der Waals surface area contributed by atoms with Crippen LogP contribution in [0.1, 0.15) is 26.3 Å². The lowest BCUT2D eigenvalue weighted by atomic mass is 10.1. The summed E-state index contributed by atoms with van der Waals surface area (Å²) >= 11 is 17.9. The van der Waals surface area contributed by atoms with Crippen LogP contribution in [0.15, 0.2) is 48.7 Å². The molecule has 0 saturated carbocycles. The number of esters is 1. The molecule has 0 saturated heterocycles. The third-order valence-corrected chi connectivity index (χ3v) is 5.16. The number of anilines is 1. The molecule has 180 valence electrons. The fraction of sp³-hybridized carbons (Fsp3) is 0.304. The van der Waals surface area contributed by atoms with Crippen LogP contribution in [0.4, 0.5) is 5.69 Å². The number of nitrogens with one attached hydrogen (secondary N) is 2. The van der Waals surface area contributed by atoms with Crippen molar-refractivity contribution >= 4 is 52.4 Å². The van der Waals surface area contributed by atoms with E-state index in [0.717, 1.165) is 5.56 Å². The molecule has 0 spiro atoms. The summed E-state index contributed by atoms with van der Waals surface area (Å²) < 4.78 is 6.96. The van der Waals surface area contributed by atoms with Gasteiger partial charge in [-0.1, -0.05) is 52.1 Å². The van der Waals surface area contributed by atoms with Crippen LogP contribution in [0.3, 0.4) is 0 Å². The van der Waals surface area contributed by atoms with E-state index in [9.17, 15) is 9.59 Å². The number of halogens is 3. The normalized spacial score (nSPS) is 12.3. The summed E-state index contributed by atoms with van der Waals surface area (Å²) in [5, 5.41) is 14.7. The van der Waals surface area contributed by atoms with E-state index in [1.54, 1.807) is 51.1 Å². The van der Waals surface area contributed by atoms with Crippen molar-refractivity contribution < 1.29 is 14.3 Å². The van der Waals surface area contributed by atoms with Gasteiger partial charge in [-0.25, -0.2) is 4.68 Å². The Hall–Kier alpha value is -2.65. The molecule has 2 N–H and O–H groups in total. The molecule has 0 fully saturated rings. The van der Waals surface area contributed by atoms with Crippen molar-refractivity contribution in [1.82, 2.24) is 20.3 Å². The summed E-state index contributed by atoms with van der Waals surface area (Å²) in [6, 6.07) is 11.3. The summed E-state index contributed by atoms with van der Waals surface area (Å²) in [5.74, 6) is -0.852. The third-order valence-electron chi connectivity index (χ3n) is 4.50. The molecule has 1 heterocycles. The van der Waals surface area contributed by atoms with Crippen LogP contribution in [0.25, 0.3) is 5.69 Å². The van der Waals surface area contributed by atoms with Crippen LogP contribution in [-0.4, -0.2) is 45.1 Å². The second-order valence-corrected chi connectivity index (χ2v) is 9.75. The maximum Gasteiger partial charge on any atom is 0.324 e. The molecule has 3 rings (SSSR count). The topological polar surface area (TPSA) is 98.1 Å². The molecule has 1 aromatic heterocycles. The molecule has 2 aromatic carbocycles. The molecule has 0 bridgehead atoms. The molecule has 0 aliphatic rings. The molecule has 1 unspecified atom stereocenters. The predicted octanol–water partition coefficient (Wildman–Crippen LogP) is 4.71. The van der Waals surface area contributed by atoms with Gasteiger partial charge in [0.05, 0.1) is 24.1 Å². The van der Waals surface area contributed by atoms with Gasteiger partial charge in [-0.15, -0.1) is 5.10 Å². The Kier molecular flexibility index (Phi) is 8.54. The predicted molar refractivity (Wildman–Crippen MR) is 133 cm³/mol. The van der Waals surface area contributed by atoms with E-state index >= 15 is 0 Å². The van der Waals surface area contributed by atoms with Crippen molar-refractivity contribution in [2.75, 3.05) is 11.9 Å². The lowest BCUT2D eigenvalue weighted by Crippen LogP contribution is -2.45. The number of carbonyl (C=O) groups excluding carboxylic acids is 2. The maximum absolute atomic E-state index is 12.8. The summed E-state index contributed by atoms with van der Waals surface area (Å²) in [4.78, 5) is 25.6. The Balaban J connectivity index is 1.72. The number of aromatic nitrogens is 3. The van der Waals surface area contributed by atoms with Gasteiger partial charge in [0.15, 0.2) is 5.15 Å². The second kappa shape index (κ2) is 11.2. The average Bonchev–Trinajstić information content (AvgIpc) is 3.17. The first-order chi connectivity index (χ1) is 16.0. The zero-order valence-corrected chi connectivity index (χ0v) is 21.1. The minimum atomic E-state index is -0.751. The Labute approximate surface area is 212 Å². The van der Waals surface area contributed by atoms with E-state index in [2.05, 4.69) is 20.9 Å². The second-order valence-electron chi connectivity index (χ2n) is 8.49. The molecular formula is C23H24Cl3N5O3. The number of carbonyl (C=O) groups is 2. The van der Waals surface area contributed by atoms with Gasteiger partial charge >= 0.3 is 5.97 Å². The van der Waals surface area contributed by atoms with E-state index in [-0.39, 0.29) is 17.6 Å². The van der Waals surface area contributed by atoms with Gasteiger partial charge in [0.25, 0.3) is 0 Å². The highest BCUT2D eigenvalue weighted by Crippen LogP contribution is 2.24. The minimum Gasteiger partial charge on any atom is -0.459 e. The summed E-state index contributed by atoms with van der Waals surface area (Å²) in [5.41, 5.74) is 1.14. The fourth-order valence-corrected chi connectivity index (χ4v) is 3.47. The van der Waals surface area contributed by atoms with Crippen LogP contribution in [-0.2, 0) is 20.7 Å². The van der Waals surface area contributed by atoms with E-state index < -0.39 is 17.6 Å². The van der Waals surface area contributed by atoms with Gasteiger partial charge in [0.2, 0.25) is 5.91 Å². The Morgan fingerprint density at radius 3 is 2.35 bits per heavy atom. The quantitative estimate of drug-likeness (QED) is 0.414. The van der Waals surface area contributed by atoms with E-state index in [1.165, 1.54) is 10.9 Å². The van der Waals surface area contributed by atoms with Gasteiger partial charge in [-0.3, -0.25) is 14.9 Å². The molecular weight excluding hydrogens is 501 g/mol. The molecule has 0 aliphatic heterocycles. The summed E-state index contributed by atoms with van der Waals surface area (Å²) in [7, 11) is 0. The average molecular weight is 525 g/mol. The molecule has 1 atom stereocenters. The Bertz CT molecular complexity index is 1160. The number of hydrogen-bond donors (Lipinski definition) is 2. The van der Waals surface area contributed by atoms with Crippen molar-refractivity contribution in [2.45, 2.75) is 38.8 Å². The highest BCUT2D eigenvalue weighted by Gasteiger charge is 2.26. The highest BCUT2D eigenvalue weighted by atomic mass is 35.5. The standard InChI is InChI=1S/C23H24Cl3N5O3/c1-23(2,3)34-22(33)18(10-14-4-6-15(24)7-5-14)27-12-21(32)28-17-11-16(25)8-9-19(17)31-13-20(26)29-30-31/h4-9,11,13,18,27H,10,12H2,1-3H3,(H,28,32). The number of hydrogen-bond acceptors (Lipinski definition) is 6. The summed E-state index contributed by atoms with van der Waals surface area (Å²) in [6.45, 7) is 5.21. The molecule has 3 aromatic rings. The molecule has 8 nitrogen and oxygen atoms in total. The van der Waals surface area contributed by atoms with E-state index in [0.29, 0.717) is 27.8 Å². The molecule has 11 heteroatoms. The van der Waals surface area contributed by atoms with Crippen LogP contribution in [0.5, 0.6) is 0 Å². The summed E-state index contributed by atoms with van der Waals surface area (Å²) in [6.07, 6.45) is 1.82. The number of nitrogens with zero attached hydrogens (tertiary/aromatic N) is 3. The minimum absolute atomic E-state index is 0.151. The van der Waals surface area contributed by atoms with Crippen molar-refractivity contribution in [2.24, 2.45) is 0 Å². The van der Waals surface area contributed by atoms with Crippen LogP contribution in [0, 0.1) is 0 Å². The van der Waals surface area contributed by atoms with Gasteiger partial charge in [-0.2, -0.15) is 0 Å². The molecule has 34 heavy (non-hydrogen) atoms. The van der Waals surface area contributed by atoms with Crippen LogP contribution in [0.2, 0.25) is 15.2 Å². The van der Waals surface area contributed by atoms with Crippen molar-refractivity contribution in [3.05, 3.63) is 69.4 Å². The number of benzene rings is 2. The smallest absolute Gasteiger partial charge is 0.324 e. The van der Waals surface area contributed by atoms with E-state index in [1.807, 2.05) is 12.1 Å². The fourth-order valence-electron chi connectivity index (χ4n) is 3.05. The van der Waals surface area contributed by atoms with Crippen LogP contribution >= 0.6 is 34.8 Å². The van der Waals surface area contributed by atoms with E-state index in [4.69, 9.17) is 39.5 Å². The first-order valence-electron chi connectivity index (χ1n) is 10.4. The Morgan fingerprint density at radius 1 is 1.06 bits per heavy atom. The van der Waals surface area contributed by atoms with Gasteiger partial charge in [-0.05, 0) is 63.1 Å². The van der Waals surface area contributed by atoms with Gasteiger partial charge in [0.1, 0.15) is 11.6 Å². The SMILES string of the molecule is CC(C)(C)OC(=O)C(Cc1ccc(Cl)cc1)NCC(=O)Nc1cc(Cl)ccc1-n1cc(Cl)nn1. The van der Waals surface area contributed by atoms with Gasteiger partial charge < -0.3 is 10.1 Å². The third kappa shape index (κ3) is 7.70. The Morgan fingerprint density at radius 2 is 1.74 bits per heavy atom. The first kappa shape index (κ1) is 26.0. The monoisotopic (exact) mass is 523 g/mol. The number of rotatable bonds is 8. The zero-order chi connectivity index (χ0) is 24.9. The zero-order valence-electron chi connectivity index (χ0n) is 18.8. The molecule has 0 aliphatic carbocycles. The largest absolute Gasteiger partial charge is 0.459 e. The molecule has 1 amide bonds.